The SMILES string of the molecule is O=C(CN1CCCCc2ccc(F)cc21)NCc1ccc(F)cc1. The summed E-state index contributed by atoms with van der Waals surface area (Å²) in [7, 11) is 0. The molecule has 3 rings (SSSR count). The summed E-state index contributed by atoms with van der Waals surface area (Å²) in [4.78, 5) is 14.2. The van der Waals surface area contributed by atoms with Gasteiger partial charge in [-0.25, -0.2) is 8.78 Å². The molecule has 0 spiro atoms. The lowest BCUT2D eigenvalue weighted by Crippen LogP contribution is -2.37. The number of anilines is 1. The van der Waals surface area contributed by atoms with Crippen molar-refractivity contribution in [3.05, 3.63) is 65.2 Å². The standard InChI is InChI=1S/C19H20F2N2O/c20-16-7-4-14(5-8-16)12-22-19(24)13-23-10-2-1-3-15-6-9-17(21)11-18(15)23/h4-9,11H,1-3,10,12-13H2,(H,22,24). The second-order valence-electron chi connectivity index (χ2n) is 6.05. The van der Waals surface area contributed by atoms with Crippen molar-refractivity contribution in [3.63, 3.8) is 0 Å². The van der Waals surface area contributed by atoms with Gasteiger partial charge in [-0.15, -0.1) is 0 Å². The third-order valence-corrected chi connectivity index (χ3v) is 4.25. The third-order valence-electron chi connectivity index (χ3n) is 4.25. The molecular weight excluding hydrogens is 310 g/mol. The number of amides is 1. The zero-order valence-electron chi connectivity index (χ0n) is 13.4. The summed E-state index contributed by atoms with van der Waals surface area (Å²) in [6.45, 7) is 1.28. The van der Waals surface area contributed by atoms with E-state index in [1.54, 1.807) is 18.2 Å². The first kappa shape index (κ1) is 16.4. The number of rotatable bonds is 4. The molecule has 0 radical (unpaired) electrons. The molecule has 0 aromatic heterocycles. The van der Waals surface area contributed by atoms with E-state index in [4.69, 9.17) is 0 Å². The highest BCUT2D eigenvalue weighted by Gasteiger charge is 2.18. The maximum Gasteiger partial charge on any atom is 0.239 e. The molecule has 1 aliphatic rings. The maximum absolute atomic E-state index is 13.6. The van der Waals surface area contributed by atoms with Gasteiger partial charge >= 0.3 is 0 Å². The van der Waals surface area contributed by atoms with Crippen molar-refractivity contribution in [1.29, 1.82) is 0 Å². The van der Waals surface area contributed by atoms with Gasteiger partial charge in [-0.1, -0.05) is 18.2 Å². The highest BCUT2D eigenvalue weighted by molar-refractivity contribution is 5.81. The van der Waals surface area contributed by atoms with Gasteiger partial charge in [-0.3, -0.25) is 4.79 Å². The summed E-state index contributed by atoms with van der Waals surface area (Å²) in [6, 6.07) is 10.8. The van der Waals surface area contributed by atoms with Crippen molar-refractivity contribution < 1.29 is 13.6 Å². The van der Waals surface area contributed by atoms with Gasteiger partial charge in [-0.2, -0.15) is 0 Å². The average Bonchev–Trinajstić information content (AvgIpc) is 2.77. The maximum atomic E-state index is 13.6. The molecule has 1 N–H and O–H groups in total. The van der Waals surface area contributed by atoms with Crippen LogP contribution < -0.4 is 10.2 Å². The van der Waals surface area contributed by atoms with E-state index < -0.39 is 0 Å². The number of carbonyl (C=O) groups excluding carboxylic acids is 1. The average molecular weight is 330 g/mol. The van der Waals surface area contributed by atoms with Crippen LogP contribution in [0.3, 0.4) is 0 Å². The molecule has 126 valence electrons. The van der Waals surface area contributed by atoms with Crippen LogP contribution in [0.4, 0.5) is 14.5 Å². The lowest BCUT2D eigenvalue weighted by molar-refractivity contribution is -0.119. The van der Waals surface area contributed by atoms with Gasteiger partial charge in [0.1, 0.15) is 11.6 Å². The van der Waals surface area contributed by atoms with Gasteiger partial charge in [0, 0.05) is 18.8 Å². The van der Waals surface area contributed by atoms with Gasteiger partial charge in [0.25, 0.3) is 0 Å². The molecule has 0 saturated heterocycles. The van der Waals surface area contributed by atoms with Crippen LogP contribution in [0.5, 0.6) is 0 Å². The highest BCUT2D eigenvalue weighted by Crippen LogP contribution is 2.27. The molecule has 1 amide bonds. The Morgan fingerprint density at radius 3 is 2.58 bits per heavy atom. The summed E-state index contributed by atoms with van der Waals surface area (Å²) in [6.07, 6.45) is 2.91. The Labute approximate surface area is 140 Å². The number of carbonyl (C=O) groups is 1. The molecule has 1 heterocycles. The van der Waals surface area contributed by atoms with Gasteiger partial charge in [0.15, 0.2) is 0 Å². The molecule has 0 unspecified atom stereocenters. The Bertz CT molecular complexity index is 716. The van der Waals surface area contributed by atoms with Crippen molar-refractivity contribution in [2.24, 2.45) is 0 Å². The van der Waals surface area contributed by atoms with Gasteiger partial charge in [0.05, 0.1) is 6.54 Å². The molecule has 24 heavy (non-hydrogen) atoms. The van der Waals surface area contributed by atoms with Crippen LogP contribution in [-0.4, -0.2) is 19.0 Å². The third kappa shape index (κ3) is 4.10. The molecule has 0 fully saturated rings. The Morgan fingerprint density at radius 1 is 1.04 bits per heavy atom. The van der Waals surface area contributed by atoms with E-state index in [1.165, 1.54) is 24.3 Å². The van der Waals surface area contributed by atoms with Crippen LogP contribution in [0.2, 0.25) is 0 Å². The number of aryl methyl sites for hydroxylation is 1. The predicted octanol–water partition coefficient (Wildman–Crippen LogP) is 3.42. The summed E-state index contributed by atoms with van der Waals surface area (Å²) in [5.41, 5.74) is 2.73. The topological polar surface area (TPSA) is 32.3 Å². The van der Waals surface area contributed by atoms with Gasteiger partial charge in [-0.05, 0) is 54.7 Å². The van der Waals surface area contributed by atoms with Gasteiger partial charge in [0.2, 0.25) is 5.91 Å². The van der Waals surface area contributed by atoms with E-state index in [1.807, 2.05) is 4.90 Å². The zero-order chi connectivity index (χ0) is 16.9. The first-order valence-corrected chi connectivity index (χ1v) is 8.16. The minimum Gasteiger partial charge on any atom is -0.362 e. The van der Waals surface area contributed by atoms with Crippen LogP contribution in [0.15, 0.2) is 42.5 Å². The fourth-order valence-corrected chi connectivity index (χ4v) is 2.98. The van der Waals surface area contributed by atoms with E-state index in [-0.39, 0.29) is 24.1 Å². The van der Waals surface area contributed by atoms with E-state index in [0.29, 0.717) is 6.54 Å². The Hall–Kier alpha value is -2.43. The van der Waals surface area contributed by atoms with Crippen LogP contribution in [-0.2, 0) is 17.8 Å². The minimum atomic E-state index is -0.298. The summed E-state index contributed by atoms with van der Waals surface area (Å²) < 4.78 is 26.5. The van der Waals surface area contributed by atoms with Crippen molar-refractivity contribution in [1.82, 2.24) is 5.32 Å². The van der Waals surface area contributed by atoms with E-state index in [0.717, 1.165) is 42.6 Å². The fourth-order valence-electron chi connectivity index (χ4n) is 2.98. The number of hydrogen-bond donors (Lipinski definition) is 1. The number of nitrogens with one attached hydrogen (secondary N) is 1. The lowest BCUT2D eigenvalue weighted by atomic mass is 10.1. The fraction of sp³-hybridized carbons (Fsp3) is 0.316. The largest absolute Gasteiger partial charge is 0.362 e. The molecule has 0 atom stereocenters. The predicted molar refractivity (Wildman–Crippen MR) is 89.8 cm³/mol. The lowest BCUT2D eigenvalue weighted by Gasteiger charge is -2.24. The summed E-state index contributed by atoms with van der Waals surface area (Å²) >= 11 is 0. The van der Waals surface area contributed by atoms with Crippen LogP contribution in [0, 0.1) is 11.6 Å². The molecule has 2 aromatic rings. The molecule has 3 nitrogen and oxygen atoms in total. The van der Waals surface area contributed by atoms with Crippen molar-refractivity contribution in [3.8, 4) is 0 Å². The first-order chi connectivity index (χ1) is 11.6. The Balaban J connectivity index is 1.63. The normalized spacial score (nSPS) is 14.0. The summed E-state index contributed by atoms with van der Waals surface area (Å²) in [5, 5.41) is 2.83. The van der Waals surface area contributed by atoms with Crippen LogP contribution >= 0.6 is 0 Å². The molecule has 0 bridgehead atoms. The molecule has 0 aliphatic carbocycles. The minimum absolute atomic E-state index is 0.128. The Kier molecular flexibility index (Phi) is 5.08. The number of benzene rings is 2. The van der Waals surface area contributed by atoms with Crippen LogP contribution in [0.25, 0.3) is 0 Å². The number of hydrogen-bond acceptors (Lipinski definition) is 2. The monoisotopic (exact) mass is 330 g/mol. The summed E-state index contributed by atoms with van der Waals surface area (Å²) in [5.74, 6) is -0.711. The van der Waals surface area contributed by atoms with Crippen molar-refractivity contribution >= 4 is 11.6 Å². The number of nitrogens with zero attached hydrogens (tertiary/aromatic N) is 1. The molecule has 5 heteroatoms. The van der Waals surface area contributed by atoms with Crippen LogP contribution in [0.1, 0.15) is 24.0 Å². The van der Waals surface area contributed by atoms with Gasteiger partial charge < -0.3 is 10.2 Å². The molecule has 1 aliphatic heterocycles. The second kappa shape index (κ2) is 7.43. The quantitative estimate of drug-likeness (QED) is 0.931. The van der Waals surface area contributed by atoms with E-state index >= 15 is 0 Å². The molecule has 0 saturated carbocycles. The first-order valence-electron chi connectivity index (χ1n) is 8.16. The number of halogens is 2. The molecule has 2 aromatic carbocycles. The Morgan fingerprint density at radius 2 is 1.79 bits per heavy atom. The second-order valence-corrected chi connectivity index (χ2v) is 6.05. The highest BCUT2D eigenvalue weighted by atomic mass is 19.1. The number of fused-ring (bicyclic) bond motifs is 1. The smallest absolute Gasteiger partial charge is 0.239 e. The van der Waals surface area contributed by atoms with Crippen molar-refractivity contribution in [2.75, 3.05) is 18.0 Å². The van der Waals surface area contributed by atoms with Crippen molar-refractivity contribution in [2.45, 2.75) is 25.8 Å². The zero-order valence-corrected chi connectivity index (χ0v) is 13.4. The van der Waals surface area contributed by atoms with E-state index in [9.17, 15) is 13.6 Å². The van der Waals surface area contributed by atoms with E-state index in [2.05, 4.69) is 5.32 Å². The molecular formula is C19H20F2N2O.